The number of amides is 1. The van der Waals surface area contributed by atoms with E-state index in [1.54, 1.807) is 30.5 Å². The summed E-state index contributed by atoms with van der Waals surface area (Å²) in [5, 5.41) is 4.14. The molecule has 2 aromatic heterocycles. The Morgan fingerprint density at radius 1 is 1.24 bits per heavy atom. The lowest BCUT2D eigenvalue weighted by Gasteiger charge is -2.12. The molecule has 0 saturated heterocycles. The van der Waals surface area contributed by atoms with Gasteiger partial charge in [-0.15, -0.1) is 0 Å². The number of carbonyl (C=O) groups excluding carboxylic acids is 1. The van der Waals surface area contributed by atoms with Crippen molar-refractivity contribution in [3.8, 4) is 0 Å². The number of aromatic nitrogens is 2. The van der Waals surface area contributed by atoms with Gasteiger partial charge < -0.3 is 5.32 Å². The van der Waals surface area contributed by atoms with Crippen LogP contribution >= 0.6 is 11.6 Å². The lowest BCUT2D eigenvalue weighted by Crippen LogP contribution is -2.34. The maximum atomic E-state index is 12.9. The number of pyridine rings is 2. The van der Waals surface area contributed by atoms with Gasteiger partial charge in [0.05, 0.1) is 6.54 Å². The molecule has 25 heavy (non-hydrogen) atoms. The molecule has 1 aromatic carbocycles. The number of halogens is 1. The lowest BCUT2D eigenvalue weighted by atomic mass is 10.1. The highest BCUT2D eigenvalue weighted by Crippen LogP contribution is 2.15. The molecule has 0 aliphatic heterocycles. The van der Waals surface area contributed by atoms with Crippen LogP contribution in [0.25, 0.3) is 11.0 Å². The van der Waals surface area contributed by atoms with E-state index in [4.69, 9.17) is 11.6 Å². The van der Waals surface area contributed by atoms with E-state index < -0.39 is 0 Å². The largest absolute Gasteiger partial charge is 0.352 e. The molecule has 0 unspecified atom stereocenters. The van der Waals surface area contributed by atoms with Gasteiger partial charge in [-0.05, 0) is 42.3 Å². The van der Waals surface area contributed by atoms with Crippen LogP contribution in [0.5, 0.6) is 0 Å². The second-order valence-electron chi connectivity index (χ2n) is 5.75. The maximum Gasteiger partial charge on any atom is 0.265 e. The van der Waals surface area contributed by atoms with E-state index in [1.807, 2.05) is 25.1 Å². The normalized spacial score (nSPS) is 10.8. The van der Waals surface area contributed by atoms with Crippen LogP contribution in [0.15, 0.2) is 53.5 Å². The van der Waals surface area contributed by atoms with Gasteiger partial charge in [-0.1, -0.05) is 30.7 Å². The summed E-state index contributed by atoms with van der Waals surface area (Å²) in [5.41, 5.74) is 1.23. The summed E-state index contributed by atoms with van der Waals surface area (Å²) in [7, 11) is 0. The molecule has 0 aliphatic carbocycles. The minimum absolute atomic E-state index is 0.128. The summed E-state index contributed by atoms with van der Waals surface area (Å²) in [6, 6.07) is 12.5. The minimum atomic E-state index is -0.359. The average Bonchev–Trinajstić information content (AvgIpc) is 2.63. The molecule has 1 N–H and O–H groups in total. The Hall–Kier alpha value is -2.66. The van der Waals surface area contributed by atoms with Crippen molar-refractivity contribution < 1.29 is 4.79 Å². The molecule has 0 saturated carbocycles. The van der Waals surface area contributed by atoms with Crippen LogP contribution < -0.4 is 10.9 Å². The number of carbonyl (C=O) groups is 1. The molecule has 0 spiro atoms. The second kappa shape index (κ2) is 7.49. The fourth-order valence-corrected chi connectivity index (χ4v) is 2.75. The zero-order valence-electron chi connectivity index (χ0n) is 13.8. The molecule has 0 bridgehead atoms. The van der Waals surface area contributed by atoms with Gasteiger partial charge in [0.2, 0.25) is 0 Å². The van der Waals surface area contributed by atoms with Crippen molar-refractivity contribution >= 4 is 28.5 Å². The Balaban J connectivity index is 2.11. The van der Waals surface area contributed by atoms with Crippen molar-refractivity contribution in [1.82, 2.24) is 14.9 Å². The standard InChI is InChI=1S/C19H18ClN3O2/c1-2-9-22-18(24)16-11-14-4-3-10-21-17(14)23(19(16)25)12-13-5-7-15(20)8-6-13/h3-8,10-11H,2,9,12H2,1H3,(H,22,24). The smallest absolute Gasteiger partial charge is 0.265 e. The number of nitrogens with one attached hydrogen (secondary N) is 1. The van der Waals surface area contributed by atoms with Crippen molar-refractivity contribution in [2.24, 2.45) is 0 Å². The zero-order chi connectivity index (χ0) is 17.8. The van der Waals surface area contributed by atoms with Crippen LogP contribution in [0.2, 0.25) is 5.02 Å². The third kappa shape index (κ3) is 3.72. The fourth-order valence-electron chi connectivity index (χ4n) is 2.62. The van der Waals surface area contributed by atoms with Crippen molar-refractivity contribution in [1.29, 1.82) is 0 Å². The molecule has 5 nitrogen and oxygen atoms in total. The topological polar surface area (TPSA) is 64.0 Å². The lowest BCUT2D eigenvalue weighted by molar-refractivity contribution is 0.0952. The molecule has 2 heterocycles. The molecular weight excluding hydrogens is 338 g/mol. The Bertz CT molecular complexity index is 965. The van der Waals surface area contributed by atoms with E-state index in [0.717, 1.165) is 17.4 Å². The number of benzene rings is 1. The predicted octanol–water partition coefficient (Wildman–Crippen LogP) is 3.24. The summed E-state index contributed by atoms with van der Waals surface area (Å²) < 4.78 is 1.53. The molecule has 1 amide bonds. The Labute approximate surface area is 150 Å². The highest BCUT2D eigenvalue weighted by atomic mass is 35.5. The first-order valence-electron chi connectivity index (χ1n) is 8.11. The van der Waals surface area contributed by atoms with E-state index in [9.17, 15) is 9.59 Å². The molecule has 0 aliphatic rings. The number of fused-ring (bicyclic) bond motifs is 1. The van der Waals surface area contributed by atoms with Crippen LogP contribution in [0.4, 0.5) is 0 Å². The van der Waals surface area contributed by atoms with Crippen molar-refractivity contribution in [2.45, 2.75) is 19.9 Å². The van der Waals surface area contributed by atoms with E-state index in [-0.39, 0.29) is 17.0 Å². The summed E-state index contributed by atoms with van der Waals surface area (Å²) in [4.78, 5) is 29.6. The monoisotopic (exact) mass is 355 g/mol. The highest BCUT2D eigenvalue weighted by Gasteiger charge is 2.16. The van der Waals surface area contributed by atoms with E-state index in [0.29, 0.717) is 23.8 Å². The maximum absolute atomic E-state index is 12.9. The predicted molar refractivity (Wildman–Crippen MR) is 99.2 cm³/mol. The molecule has 6 heteroatoms. The van der Waals surface area contributed by atoms with Crippen LogP contribution in [0.1, 0.15) is 29.3 Å². The van der Waals surface area contributed by atoms with Crippen molar-refractivity contribution in [2.75, 3.05) is 6.54 Å². The third-order valence-corrected chi connectivity index (χ3v) is 4.13. The van der Waals surface area contributed by atoms with Gasteiger partial charge in [0.25, 0.3) is 11.5 Å². The van der Waals surface area contributed by atoms with Gasteiger partial charge in [-0.3, -0.25) is 14.2 Å². The number of hydrogen-bond acceptors (Lipinski definition) is 3. The van der Waals surface area contributed by atoms with Crippen LogP contribution in [-0.4, -0.2) is 22.0 Å². The molecule has 3 aromatic rings. The van der Waals surface area contributed by atoms with E-state index in [2.05, 4.69) is 10.3 Å². The van der Waals surface area contributed by atoms with Gasteiger partial charge in [0.15, 0.2) is 0 Å². The van der Waals surface area contributed by atoms with Crippen LogP contribution in [0.3, 0.4) is 0 Å². The second-order valence-corrected chi connectivity index (χ2v) is 6.18. The van der Waals surface area contributed by atoms with E-state index in [1.165, 1.54) is 4.57 Å². The minimum Gasteiger partial charge on any atom is -0.352 e. The molecule has 0 fully saturated rings. The number of hydrogen-bond donors (Lipinski definition) is 1. The first kappa shape index (κ1) is 17.2. The van der Waals surface area contributed by atoms with Gasteiger partial charge >= 0.3 is 0 Å². The summed E-state index contributed by atoms with van der Waals surface area (Å²) in [6.45, 7) is 2.81. The third-order valence-electron chi connectivity index (χ3n) is 3.88. The van der Waals surface area contributed by atoms with Crippen molar-refractivity contribution in [3.05, 3.63) is 75.2 Å². The molecule has 0 atom stereocenters. The Kier molecular flexibility index (Phi) is 5.14. The first-order chi connectivity index (χ1) is 12.1. The highest BCUT2D eigenvalue weighted by molar-refractivity contribution is 6.30. The van der Waals surface area contributed by atoms with Gasteiger partial charge in [-0.25, -0.2) is 4.98 Å². The van der Waals surface area contributed by atoms with E-state index >= 15 is 0 Å². The average molecular weight is 356 g/mol. The number of rotatable bonds is 5. The molecular formula is C19H18ClN3O2. The first-order valence-corrected chi connectivity index (χ1v) is 8.49. The van der Waals surface area contributed by atoms with Gasteiger partial charge in [-0.2, -0.15) is 0 Å². The summed E-state index contributed by atoms with van der Waals surface area (Å²) in [5.74, 6) is -0.359. The Morgan fingerprint density at radius 3 is 2.72 bits per heavy atom. The quantitative estimate of drug-likeness (QED) is 0.764. The van der Waals surface area contributed by atoms with Crippen LogP contribution in [0, 0.1) is 0 Å². The van der Waals surface area contributed by atoms with Gasteiger partial charge in [0.1, 0.15) is 11.2 Å². The Morgan fingerprint density at radius 2 is 2.00 bits per heavy atom. The summed E-state index contributed by atoms with van der Waals surface area (Å²) >= 11 is 5.92. The zero-order valence-corrected chi connectivity index (χ0v) is 14.6. The molecule has 128 valence electrons. The molecule has 0 radical (unpaired) electrons. The van der Waals surface area contributed by atoms with Crippen molar-refractivity contribution in [3.63, 3.8) is 0 Å². The molecule has 3 rings (SSSR count). The SMILES string of the molecule is CCCNC(=O)c1cc2cccnc2n(Cc2ccc(Cl)cc2)c1=O. The van der Waals surface area contributed by atoms with Crippen LogP contribution in [-0.2, 0) is 6.54 Å². The summed E-state index contributed by atoms with van der Waals surface area (Å²) in [6.07, 6.45) is 2.44. The fraction of sp³-hybridized carbons (Fsp3) is 0.211. The number of nitrogens with zero attached hydrogens (tertiary/aromatic N) is 2. The van der Waals surface area contributed by atoms with Gasteiger partial charge in [0, 0.05) is 23.2 Å².